The van der Waals surface area contributed by atoms with E-state index < -0.39 is 0 Å². The van der Waals surface area contributed by atoms with E-state index in [0.717, 1.165) is 10.6 Å². The molecule has 2 rings (SSSR count). The molecule has 3 nitrogen and oxygen atoms in total. The molecule has 0 saturated heterocycles. The largest absolute Gasteiger partial charge is 0.298 e. The molecule has 0 bridgehead atoms. The van der Waals surface area contributed by atoms with Crippen LogP contribution in [0.25, 0.3) is 6.08 Å². The van der Waals surface area contributed by atoms with Crippen molar-refractivity contribution in [3.63, 3.8) is 0 Å². The van der Waals surface area contributed by atoms with Crippen LogP contribution in [0.2, 0.25) is 10.0 Å². The third kappa shape index (κ3) is 3.60. The van der Waals surface area contributed by atoms with Crippen molar-refractivity contribution in [3.8, 4) is 0 Å². The number of hydrogen-bond donors (Lipinski definition) is 1. The molecule has 20 heavy (non-hydrogen) atoms. The van der Waals surface area contributed by atoms with Gasteiger partial charge in [0.2, 0.25) is 5.91 Å². The second kappa shape index (κ2) is 6.39. The number of aryl methyl sites for hydroxylation is 2. The Hall–Kier alpha value is -1.36. The molecule has 1 aromatic carbocycles. The quantitative estimate of drug-likeness (QED) is 0.829. The number of aromatic nitrogens is 1. The van der Waals surface area contributed by atoms with Crippen LogP contribution in [0.1, 0.15) is 16.1 Å². The molecular weight excluding hydrogens is 315 g/mol. The minimum Gasteiger partial charge on any atom is -0.298 e. The first-order chi connectivity index (χ1) is 9.47. The van der Waals surface area contributed by atoms with E-state index in [1.807, 2.05) is 13.8 Å². The fourth-order valence-corrected chi connectivity index (χ4v) is 2.84. The Morgan fingerprint density at radius 1 is 1.30 bits per heavy atom. The topological polar surface area (TPSA) is 42.0 Å². The van der Waals surface area contributed by atoms with Crippen molar-refractivity contribution in [3.05, 3.63) is 50.5 Å². The maximum absolute atomic E-state index is 11.8. The van der Waals surface area contributed by atoms with Crippen LogP contribution in [-0.4, -0.2) is 10.9 Å². The summed E-state index contributed by atoms with van der Waals surface area (Å²) in [6, 6.07) is 5.19. The van der Waals surface area contributed by atoms with E-state index in [0.29, 0.717) is 20.7 Å². The maximum Gasteiger partial charge on any atom is 0.250 e. The summed E-state index contributed by atoms with van der Waals surface area (Å²) in [6.45, 7) is 3.86. The number of rotatable bonds is 3. The Morgan fingerprint density at radius 2 is 1.95 bits per heavy atom. The minimum absolute atomic E-state index is 0.269. The molecule has 0 unspecified atom stereocenters. The molecule has 1 N–H and O–H groups in total. The van der Waals surface area contributed by atoms with E-state index in [-0.39, 0.29) is 5.91 Å². The number of amides is 1. The minimum atomic E-state index is -0.269. The lowest BCUT2D eigenvalue weighted by Crippen LogP contribution is -2.07. The summed E-state index contributed by atoms with van der Waals surface area (Å²) in [5.41, 5.74) is 1.54. The fourth-order valence-electron chi connectivity index (χ4n) is 1.50. The number of nitrogens with one attached hydrogen (secondary N) is 1. The molecule has 0 aliphatic heterocycles. The molecule has 0 saturated carbocycles. The standard InChI is InChI=1S/C14H12Cl2N2OS/c1-8-9(2)20-14(17-8)18-13(19)7-6-10-11(15)4-3-5-12(10)16/h3-7H,1-2H3,(H,17,18,19). The van der Waals surface area contributed by atoms with E-state index in [2.05, 4.69) is 10.3 Å². The SMILES string of the molecule is Cc1nc(NC(=O)C=Cc2c(Cl)cccc2Cl)sc1C. The highest BCUT2D eigenvalue weighted by Gasteiger charge is 2.06. The molecule has 0 spiro atoms. The van der Waals surface area contributed by atoms with Gasteiger partial charge >= 0.3 is 0 Å². The number of carbonyl (C=O) groups is 1. The first kappa shape index (κ1) is 15.0. The Labute approximate surface area is 131 Å². The summed E-state index contributed by atoms with van der Waals surface area (Å²) in [4.78, 5) is 17.1. The summed E-state index contributed by atoms with van der Waals surface area (Å²) >= 11 is 13.5. The molecule has 0 aliphatic carbocycles. The van der Waals surface area contributed by atoms with E-state index in [4.69, 9.17) is 23.2 Å². The highest BCUT2D eigenvalue weighted by molar-refractivity contribution is 7.15. The van der Waals surface area contributed by atoms with Crippen LogP contribution in [0.3, 0.4) is 0 Å². The number of nitrogens with zero attached hydrogens (tertiary/aromatic N) is 1. The zero-order valence-electron chi connectivity index (χ0n) is 10.9. The monoisotopic (exact) mass is 326 g/mol. The first-order valence-electron chi connectivity index (χ1n) is 5.84. The molecule has 104 valence electrons. The van der Waals surface area contributed by atoms with E-state index >= 15 is 0 Å². The lowest BCUT2D eigenvalue weighted by molar-refractivity contribution is -0.111. The molecule has 0 aliphatic rings. The number of carbonyl (C=O) groups excluding carboxylic acids is 1. The number of anilines is 1. The third-order valence-corrected chi connectivity index (χ3v) is 4.31. The molecule has 6 heteroatoms. The van der Waals surface area contributed by atoms with E-state index in [9.17, 15) is 4.79 Å². The zero-order valence-corrected chi connectivity index (χ0v) is 13.2. The number of halogens is 2. The van der Waals surface area contributed by atoms with Gasteiger partial charge in [0, 0.05) is 26.6 Å². The Bertz CT molecular complexity index is 640. The van der Waals surface area contributed by atoms with E-state index in [1.54, 1.807) is 24.3 Å². The fraction of sp³-hybridized carbons (Fsp3) is 0.143. The van der Waals surface area contributed by atoms with Gasteiger partial charge in [-0.25, -0.2) is 4.98 Å². The number of benzene rings is 1. The Kier molecular flexibility index (Phi) is 4.81. The van der Waals surface area contributed by atoms with Gasteiger partial charge in [-0.1, -0.05) is 29.3 Å². The number of hydrogen-bond acceptors (Lipinski definition) is 3. The second-order valence-corrected chi connectivity index (χ2v) is 6.14. The van der Waals surface area contributed by atoms with Crippen LogP contribution in [0, 0.1) is 13.8 Å². The second-order valence-electron chi connectivity index (χ2n) is 4.12. The summed E-state index contributed by atoms with van der Waals surface area (Å²) in [7, 11) is 0. The lowest BCUT2D eigenvalue weighted by atomic mass is 10.2. The van der Waals surface area contributed by atoms with Crippen LogP contribution in [0.15, 0.2) is 24.3 Å². The molecule has 0 fully saturated rings. The van der Waals surface area contributed by atoms with Gasteiger partial charge in [-0.15, -0.1) is 11.3 Å². The molecule has 2 aromatic rings. The van der Waals surface area contributed by atoms with E-state index in [1.165, 1.54) is 17.4 Å². The summed E-state index contributed by atoms with van der Waals surface area (Å²) < 4.78 is 0. The smallest absolute Gasteiger partial charge is 0.250 e. The first-order valence-corrected chi connectivity index (χ1v) is 7.41. The molecule has 0 atom stereocenters. The predicted octanol–water partition coefficient (Wildman–Crippen LogP) is 4.72. The van der Waals surface area contributed by atoms with Crippen molar-refractivity contribution in [2.75, 3.05) is 5.32 Å². The van der Waals surface area contributed by atoms with Crippen molar-refractivity contribution in [2.24, 2.45) is 0 Å². The van der Waals surface area contributed by atoms with Crippen LogP contribution in [-0.2, 0) is 4.79 Å². The summed E-state index contributed by atoms with van der Waals surface area (Å²) in [6.07, 6.45) is 2.98. The van der Waals surface area contributed by atoms with Crippen LogP contribution >= 0.6 is 34.5 Å². The van der Waals surface area contributed by atoms with Gasteiger partial charge in [0.25, 0.3) is 0 Å². The highest BCUT2D eigenvalue weighted by atomic mass is 35.5. The van der Waals surface area contributed by atoms with Crippen molar-refractivity contribution in [2.45, 2.75) is 13.8 Å². The third-order valence-electron chi connectivity index (χ3n) is 2.66. The molecule has 1 amide bonds. The van der Waals surface area contributed by atoms with Gasteiger partial charge in [-0.05, 0) is 32.1 Å². The highest BCUT2D eigenvalue weighted by Crippen LogP contribution is 2.25. The normalized spacial score (nSPS) is 11.0. The lowest BCUT2D eigenvalue weighted by Gasteiger charge is -2.00. The summed E-state index contributed by atoms with van der Waals surface area (Å²) in [5, 5.41) is 4.30. The van der Waals surface area contributed by atoms with Crippen LogP contribution in [0.4, 0.5) is 5.13 Å². The maximum atomic E-state index is 11.8. The average molecular weight is 327 g/mol. The molecule has 0 radical (unpaired) electrons. The average Bonchev–Trinajstić information content (AvgIpc) is 2.67. The van der Waals surface area contributed by atoms with Gasteiger partial charge in [0.15, 0.2) is 5.13 Å². The number of thiazole rings is 1. The van der Waals surface area contributed by atoms with Gasteiger partial charge < -0.3 is 0 Å². The summed E-state index contributed by atoms with van der Waals surface area (Å²) in [5.74, 6) is -0.269. The zero-order chi connectivity index (χ0) is 14.7. The molecule has 1 aromatic heterocycles. The molecule has 1 heterocycles. The van der Waals surface area contributed by atoms with Crippen molar-refractivity contribution in [1.29, 1.82) is 0 Å². The predicted molar refractivity (Wildman–Crippen MR) is 85.7 cm³/mol. The van der Waals surface area contributed by atoms with Crippen molar-refractivity contribution >= 4 is 51.7 Å². The van der Waals surface area contributed by atoms with Crippen LogP contribution in [0.5, 0.6) is 0 Å². The Morgan fingerprint density at radius 3 is 2.50 bits per heavy atom. The van der Waals surface area contributed by atoms with Gasteiger partial charge in [-0.2, -0.15) is 0 Å². The Balaban J connectivity index is 2.10. The van der Waals surface area contributed by atoms with Crippen LogP contribution < -0.4 is 5.32 Å². The van der Waals surface area contributed by atoms with Gasteiger partial charge in [-0.3, -0.25) is 10.1 Å². The van der Waals surface area contributed by atoms with Crippen molar-refractivity contribution in [1.82, 2.24) is 4.98 Å². The van der Waals surface area contributed by atoms with Crippen molar-refractivity contribution < 1.29 is 4.79 Å². The van der Waals surface area contributed by atoms with Gasteiger partial charge in [0.1, 0.15) is 0 Å². The molecular formula is C14H12Cl2N2OS. The van der Waals surface area contributed by atoms with Gasteiger partial charge in [0.05, 0.1) is 5.69 Å².